The second-order valence-corrected chi connectivity index (χ2v) is 6.58. The maximum Gasteiger partial charge on any atom is 0.244 e. The summed E-state index contributed by atoms with van der Waals surface area (Å²) in [6.07, 6.45) is 3.37. The van der Waals surface area contributed by atoms with E-state index in [1.54, 1.807) is 16.0 Å². The Labute approximate surface area is 152 Å². The van der Waals surface area contributed by atoms with E-state index in [2.05, 4.69) is 15.6 Å². The minimum atomic E-state index is -0.533. The Bertz CT molecular complexity index is 651. The van der Waals surface area contributed by atoms with Gasteiger partial charge in [0.2, 0.25) is 17.7 Å². The first-order valence-corrected chi connectivity index (χ1v) is 9.11. The van der Waals surface area contributed by atoms with Crippen molar-refractivity contribution in [2.45, 2.75) is 31.8 Å². The van der Waals surface area contributed by atoms with E-state index in [1.807, 2.05) is 18.2 Å². The Kier molecular flexibility index (Phi) is 6.17. The fourth-order valence-corrected chi connectivity index (χ4v) is 3.35. The van der Waals surface area contributed by atoms with Crippen LogP contribution in [0.2, 0.25) is 0 Å². The van der Waals surface area contributed by atoms with Gasteiger partial charge in [0, 0.05) is 51.8 Å². The van der Waals surface area contributed by atoms with E-state index in [1.165, 1.54) is 0 Å². The van der Waals surface area contributed by atoms with Crippen LogP contribution in [0.3, 0.4) is 0 Å². The molecule has 0 unspecified atom stereocenters. The molecule has 0 spiro atoms. The number of hydrogen-bond donors (Lipinski definition) is 2. The van der Waals surface area contributed by atoms with Gasteiger partial charge in [-0.3, -0.25) is 19.4 Å². The molecule has 0 radical (unpaired) electrons. The Morgan fingerprint density at radius 3 is 2.92 bits per heavy atom. The molecule has 3 rings (SSSR count). The first kappa shape index (κ1) is 18.3. The lowest BCUT2D eigenvalue weighted by Gasteiger charge is -2.35. The zero-order chi connectivity index (χ0) is 18.4. The van der Waals surface area contributed by atoms with Gasteiger partial charge in [0.25, 0.3) is 0 Å². The molecular formula is C18H25N5O3. The maximum absolute atomic E-state index is 12.6. The van der Waals surface area contributed by atoms with E-state index in [0.717, 1.165) is 18.7 Å². The van der Waals surface area contributed by atoms with Gasteiger partial charge in [-0.2, -0.15) is 0 Å². The van der Waals surface area contributed by atoms with Crippen LogP contribution in [0.5, 0.6) is 0 Å². The van der Waals surface area contributed by atoms with Crippen molar-refractivity contribution in [3.8, 4) is 0 Å². The van der Waals surface area contributed by atoms with Crippen LogP contribution in [0, 0.1) is 0 Å². The number of piperazine rings is 1. The molecule has 8 nitrogen and oxygen atoms in total. The number of nitrogens with one attached hydrogen (secondary N) is 2. The van der Waals surface area contributed by atoms with E-state index < -0.39 is 6.04 Å². The summed E-state index contributed by atoms with van der Waals surface area (Å²) in [4.78, 5) is 44.4. The minimum Gasteiger partial charge on any atom is -0.349 e. The highest BCUT2D eigenvalue weighted by atomic mass is 16.2. The van der Waals surface area contributed by atoms with Crippen LogP contribution in [-0.4, -0.2) is 71.3 Å². The van der Waals surface area contributed by atoms with E-state index in [0.29, 0.717) is 39.1 Å². The molecule has 2 aliphatic heterocycles. The number of aromatic nitrogens is 1. The number of rotatable bonds is 6. The molecule has 140 valence electrons. The first-order chi connectivity index (χ1) is 12.6. The Balaban J connectivity index is 1.53. The number of carbonyl (C=O) groups is 3. The summed E-state index contributed by atoms with van der Waals surface area (Å²) in [5, 5.41) is 6.03. The first-order valence-electron chi connectivity index (χ1n) is 9.11. The van der Waals surface area contributed by atoms with Crippen molar-refractivity contribution >= 4 is 17.7 Å². The molecule has 1 aromatic rings. The van der Waals surface area contributed by atoms with Crippen molar-refractivity contribution in [1.29, 1.82) is 0 Å². The number of carbonyl (C=O) groups excluding carboxylic acids is 3. The van der Waals surface area contributed by atoms with E-state index >= 15 is 0 Å². The topological polar surface area (TPSA) is 94.6 Å². The average molecular weight is 359 g/mol. The normalized spacial score (nSPS) is 20.3. The van der Waals surface area contributed by atoms with Gasteiger partial charge in [0.05, 0.1) is 12.2 Å². The Hall–Kier alpha value is -2.48. The fraction of sp³-hybridized carbons (Fsp3) is 0.556. The standard InChI is InChI=1S/C18H25N5O3/c24-16-5-3-9-22(16)10-6-17(25)23-11-8-19-13-15(23)18(26)21-12-14-4-1-2-7-20-14/h1-2,4,7,15,19H,3,5-6,8-13H2,(H,21,26)/t15-/m1/s1. The third kappa shape index (κ3) is 4.57. The van der Waals surface area contributed by atoms with Gasteiger partial charge >= 0.3 is 0 Å². The van der Waals surface area contributed by atoms with Gasteiger partial charge in [0.1, 0.15) is 6.04 Å². The van der Waals surface area contributed by atoms with Crippen molar-refractivity contribution in [3.63, 3.8) is 0 Å². The molecule has 0 bridgehead atoms. The lowest BCUT2D eigenvalue weighted by atomic mass is 10.1. The monoisotopic (exact) mass is 359 g/mol. The van der Waals surface area contributed by atoms with Crippen LogP contribution in [0.4, 0.5) is 0 Å². The molecule has 2 saturated heterocycles. The number of likely N-dealkylation sites (tertiary alicyclic amines) is 1. The van der Waals surface area contributed by atoms with Gasteiger partial charge in [-0.1, -0.05) is 6.07 Å². The molecule has 1 aromatic heterocycles. The largest absolute Gasteiger partial charge is 0.349 e. The average Bonchev–Trinajstić information content (AvgIpc) is 3.10. The molecule has 2 N–H and O–H groups in total. The Morgan fingerprint density at radius 1 is 1.31 bits per heavy atom. The van der Waals surface area contributed by atoms with Crippen molar-refractivity contribution in [2.24, 2.45) is 0 Å². The highest BCUT2D eigenvalue weighted by Crippen LogP contribution is 2.12. The van der Waals surface area contributed by atoms with Gasteiger partial charge < -0.3 is 20.4 Å². The molecule has 0 aromatic carbocycles. The zero-order valence-electron chi connectivity index (χ0n) is 14.8. The minimum absolute atomic E-state index is 0.0795. The molecule has 1 atom stereocenters. The summed E-state index contributed by atoms with van der Waals surface area (Å²) >= 11 is 0. The van der Waals surface area contributed by atoms with Crippen molar-refractivity contribution < 1.29 is 14.4 Å². The van der Waals surface area contributed by atoms with Gasteiger partial charge in [-0.05, 0) is 18.6 Å². The van der Waals surface area contributed by atoms with Gasteiger partial charge in [0.15, 0.2) is 0 Å². The van der Waals surface area contributed by atoms with E-state index in [-0.39, 0.29) is 24.1 Å². The third-order valence-electron chi connectivity index (χ3n) is 4.80. The predicted octanol–water partition coefficient (Wildman–Crippen LogP) is -0.489. The van der Waals surface area contributed by atoms with E-state index in [4.69, 9.17) is 0 Å². The Morgan fingerprint density at radius 2 is 2.19 bits per heavy atom. The smallest absolute Gasteiger partial charge is 0.244 e. The summed E-state index contributed by atoms with van der Waals surface area (Å²) in [6, 6.07) is 5.00. The quantitative estimate of drug-likeness (QED) is 0.715. The van der Waals surface area contributed by atoms with Crippen molar-refractivity contribution in [3.05, 3.63) is 30.1 Å². The van der Waals surface area contributed by atoms with Crippen LogP contribution in [0.15, 0.2) is 24.4 Å². The van der Waals surface area contributed by atoms with E-state index in [9.17, 15) is 14.4 Å². The number of nitrogens with zero attached hydrogens (tertiary/aromatic N) is 3. The van der Waals surface area contributed by atoms with Crippen molar-refractivity contribution in [2.75, 3.05) is 32.7 Å². The molecular weight excluding hydrogens is 334 g/mol. The highest BCUT2D eigenvalue weighted by Gasteiger charge is 2.32. The molecule has 0 aliphatic carbocycles. The lowest BCUT2D eigenvalue weighted by molar-refractivity contribution is -0.142. The van der Waals surface area contributed by atoms with Crippen LogP contribution in [-0.2, 0) is 20.9 Å². The SMILES string of the molecule is O=C(NCc1ccccn1)[C@H]1CNCCN1C(=O)CCN1CCCC1=O. The molecule has 8 heteroatoms. The summed E-state index contributed by atoms with van der Waals surface area (Å²) < 4.78 is 0. The highest BCUT2D eigenvalue weighted by molar-refractivity contribution is 5.88. The lowest BCUT2D eigenvalue weighted by Crippen LogP contribution is -2.59. The van der Waals surface area contributed by atoms with Crippen LogP contribution >= 0.6 is 0 Å². The number of pyridine rings is 1. The summed E-state index contributed by atoms with van der Waals surface area (Å²) in [7, 11) is 0. The zero-order valence-corrected chi connectivity index (χ0v) is 14.8. The molecule has 3 heterocycles. The van der Waals surface area contributed by atoms with Crippen molar-refractivity contribution in [1.82, 2.24) is 25.4 Å². The summed E-state index contributed by atoms with van der Waals surface area (Å²) in [5.41, 5.74) is 0.773. The van der Waals surface area contributed by atoms with Crippen LogP contribution in [0.1, 0.15) is 25.0 Å². The fourth-order valence-electron chi connectivity index (χ4n) is 3.35. The molecule has 26 heavy (non-hydrogen) atoms. The second kappa shape index (κ2) is 8.75. The molecule has 2 aliphatic rings. The van der Waals surface area contributed by atoms with Crippen LogP contribution in [0.25, 0.3) is 0 Å². The number of hydrogen-bond acceptors (Lipinski definition) is 5. The molecule has 3 amide bonds. The van der Waals surface area contributed by atoms with Gasteiger partial charge in [-0.25, -0.2) is 0 Å². The summed E-state index contributed by atoms with van der Waals surface area (Å²) in [5.74, 6) is -0.152. The molecule has 2 fully saturated rings. The third-order valence-corrected chi connectivity index (χ3v) is 4.80. The predicted molar refractivity (Wildman–Crippen MR) is 94.9 cm³/mol. The second-order valence-electron chi connectivity index (χ2n) is 6.58. The molecule has 0 saturated carbocycles. The summed E-state index contributed by atoms with van der Waals surface area (Å²) in [6.45, 7) is 3.08. The van der Waals surface area contributed by atoms with Gasteiger partial charge in [-0.15, -0.1) is 0 Å². The maximum atomic E-state index is 12.6. The van der Waals surface area contributed by atoms with Crippen LogP contribution < -0.4 is 10.6 Å². The number of amides is 3.